The molecular formula is C17H21N5O2. The topological polar surface area (TPSA) is 80.2 Å². The van der Waals surface area contributed by atoms with Gasteiger partial charge in [-0.15, -0.1) is 0 Å². The van der Waals surface area contributed by atoms with Gasteiger partial charge in [0.1, 0.15) is 6.33 Å². The maximum Gasteiger partial charge on any atom is 0.252 e. The molecule has 1 fully saturated rings. The second kappa shape index (κ2) is 7.94. The summed E-state index contributed by atoms with van der Waals surface area (Å²) in [5.74, 6) is -0.113. The number of carbonyl (C=O) groups is 1. The Morgan fingerprint density at radius 3 is 2.67 bits per heavy atom. The molecule has 0 aliphatic carbocycles. The lowest BCUT2D eigenvalue weighted by molar-refractivity contribution is 0.0204. The average Bonchev–Trinajstić information content (AvgIpc) is 2.67. The molecule has 2 aromatic rings. The fourth-order valence-corrected chi connectivity index (χ4v) is 2.62. The van der Waals surface area contributed by atoms with Gasteiger partial charge in [0.25, 0.3) is 5.91 Å². The van der Waals surface area contributed by atoms with E-state index in [0.717, 1.165) is 37.6 Å². The smallest absolute Gasteiger partial charge is 0.252 e. The first-order valence-corrected chi connectivity index (χ1v) is 8.05. The molecule has 1 atom stereocenters. The third-order valence-electron chi connectivity index (χ3n) is 4.11. The second-order valence-electron chi connectivity index (χ2n) is 5.77. The van der Waals surface area contributed by atoms with Gasteiger partial charge in [0.2, 0.25) is 0 Å². The Hall–Kier alpha value is -2.38. The highest BCUT2D eigenvalue weighted by atomic mass is 16.5. The zero-order valence-electron chi connectivity index (χ0n) is 13.7. The van der Waals surface area contributed by atoms with Crippen molar-refractivity contribution in [2.24, 2.45) is 0 Å². The minimum atomic E-state index is -0.113. The van der Waals surface area contributed by atoms with Crippen LogP contribution in [0.1, 0.15) is 17.3 Å². The second-order valence-corrected chi connectivity index (χ2v) is 5.77. The summed E-state index contributed by atoms with van der Waals surface area (Å²) >= 11 is 0. The molecule has 7 nitrogen and oxygen atoms in total. The number of carbonyl (C=O) groups excluding carboxylic acids is 1. The number of amides is 1. The number of nitrogens with one attached hydrogen (secondary N) is 1. The van der Waals surface area contributed by atoms with E-state index in [1.54, 1.807) is 30.7 Å². The molecular weight excluding hydrogens is 306 g/mol. The molecule has 3 rings (SSSR count). The largest absolute Gasteiger partial charge is 0.379 e. The van der Waals surface area contributed by atoms with E-state index >= 15 is 0 Å². The lowest BCUT2D eigenvalue weighted by atomic mass is 10.2. The van der Waals surface area contributed by atoms with Gasteiger partial charge in [0.15, 0.2) is 0 Å². The van der Waals surface area contributed by atoms with Crippen LogP contribution in [0.5, 0.6) is 0 Å². The number of aromatic nitrogens is 3. The first-order chi connectivity index (χ1) is 11.7. The molecule has 126 valence electrons. The van der Waals surface area contributed by atoms with Crippen LogP contribution in [0.3, 0.4) is 0 Å². The Bertz CT molecular complexity index is 656. The molecule has 0 unspecified atom stereocenters. The van der Waals surface area contributed by atoms with Crippen LogP contribution in [0.15, 0.2) is 37.1 Å². The number of nitrogens with zero attached hydrogens (tertiary/aromatic N) is 4. The van der Waals surface area contributed by atoms with E-state index in [1.807, 2.05) is 0 Å². The fourth-order valence-electron chi connectivity index (χ4n) is 2.62. The summed E-state index contributed by atoms with van der Waals surface area (Å²) in [6, 6.07) is 3.86. The quantitative estimate of drug-likeness (QED) is 0.882. The molecule has 1 N–H and O–H groups in total. The summed E-state index contributed by atoms with van der Waals surface area (Å²) in [6.45, 7) is 6.05. The van der Waals surface area contributed by atoms with Gasteiger partial charge < -0.3 is 10.1 Å². The van der Waals surface area contributed by atoms with Gasteiger partial charge in [-0.2, -0.15) is 0 Å². The van der Waals surface area contributed by atoms with Crippen molar-refractivity contribution in [3.05, 3.63) is 42.6 Å². The molecule has 1 amide bonds. The van der Waals surface area contributed by atoms with Crippen LogP contribution in [0.2, 0.25) is 0 Å². The van der Waals surface area contributed by atoms with Gasteiger partial charge in [-0.3, -0.25) is 14.7 Å². The normalized spacial score (nSPS) is 16.5. The molecule has 0 saturated carbocycles. The van der Waals surface area contributed by atoms with Crippen LogP contribution in [0.25, 0.3) is 11.3 Å². The van der Waals surface area contributed by atoms with Crippen molar-refractivity contribution in [1.82, 2.24) is 25.2 Å². The monoisotopic (exact) mass is 327 g/mol. The maximum absolute atomic E-state index is 12.3. The average molecular weight is 327 g/mol. The van der Waals surface area contributed by atoms with Crippen molar-refractivity contribution in [2.45, 2.75) is 13.0 Å². The summed E-state index contributed by atoms with van der Waals surface area (Å²) in [4.78, 5) is 26.8. The van der Waals surface area contributed by atoms with E-state index in [0.29, 0.717) is 12.1 Å². The van der Waals surface area contributed by atoms with E-state index < -0.39 is 0 Å². The van der Waals surface area contributed by atoms with Crippen molar-refractivity contribution in [1.29, 1.82) is 0 Å². The number of hydrogen-bond donors (Lipinski definition) is 1. The first kappa shape index (κ1) is 16.5. The molecule has 0 bridgehead atoms. The van der Waals surface area contributed by atoms with E-state index in [-0.39, 0.29) is 11.9 Å². The van der Waals surface area contributed by atoms with Gasteiger partial charge in [-0.25, -0.2) is 9.97 Å². The zero-order chi connectivity index (χ0) is 16.8. The summed E-state index contributed by atoms with van der Waals surface area (Å²) < 4.78 is 5.35. The minimum absolute atomic E-state index is 0.113. The minimum Gasteiger partial charge on any atom is -0.379 e. The van der Waals surface area contributed by atoms with Gasteiger partial charge in [0, 0.05) is 49.8 Å². The Morgan fingerprint density at radius 1 is 1.25 bits per heavy atom. The fraction of sp³-hybridized carbons (Fsp3) is 0.412. The Labute approximate surface area is 141 Å². The predicted octanol–water partition coefficient (Wildman–Crippen LogP) is 0.989. The number of rotatable bonds is 5. The van der Waals surface area contributed by atoms with Crippen molar-refractivity contribution in [3.63, 3.8) is 0 Å². The van der Waals surface area contributed by atoms with Crippen LogP contribution >= 0.6 is 0 Å². The highest BCUT2D eigenvalue weighted by Gasteiger charge is 2.17. The third kappa shape index (κ3) is 4.12. The van der Waals surface area contributed by atoms with E-state index in [9.17, 15) is 4.79 Å². The van der Waals surface area contributed by atoms with Crippen molar-refractivity contribution < 1.29 is 9.53 Å². The molecule has 1 saturated heterocycles. The van der Waals surface area contributed by atoms with Gasteiger partial charge >= 0.3 is 0 Å². The van der Waals surface area contributed by atoms with E-state index in [4.69, 9.17) is 4.74 Å². The molecule has 0 radical (unpaired) electrons. The third-order valence-corrected chi connectivity index (χ3v) is 4.11. The number of morpholine rings is 1. The molecule has 0 spiro atoms. The van der Waals surface area contributed by atoms with Crippen LogP contribution in [0.4, 0.5) is 0 Å². The molecule has 24 heavy (non-hydrogen) atoms. The van der Waals surface area contributed by atoms with Crippen molar-refractivity contribution in [3.8, 4) is 11.3 Å². The van der Waals surface area contributed by atoms with Crippen LogP contribution in [-0.2, 0) is 4.74 Å². The van der Waals surface area contributed by atoms with Crippen molar-refractivity contribution >= 4 is 5.91 Å². The summed E-state index contributed by atoms with van der Waals surface area (Å²) in [5, 5.41) is 2.97. The van der Waals surface area contributed by atoms with Crippen LogP contribution in [-0.4, -0.2) is 64.6 Å². The lowest BCUT2D eigenvalue weighted by Crippen LogP contribution is -2.47. The van der Waals surface area contributed by atoms with E-state index in [2.05, 4.69) is 32.1 Å². The molecule has 1 aliphatic rings. The van der Waals surface area contributed by atoms with E-state index in [1.165, 1.54) is 6.33 Å². The number of hydrogen-bond acceptors (Lipinski definition) is 6. The Balaban J connectivity index is 1.55. The molecule has 0 aromatic carbocycles. The van der Waals surface area contributed by atoms with Crippen LogP contribution < -0.4 is 5.32 Å². The van der Waals surface area contributed by atoms with Crippen LogP contribution in [0, 0.1) is 0 Å². The highest BCUT2D eigenvalue weighted by molar-refractivity contribution is 5.94. The maximum atomic E-state index is 12.3. The highest BCUT2D eigenvalue weighted by Crippen LogP contribution is 2.14. The van der Waals surface area contributed by atoms with Gasteiger partial charge in [0.05, 0.1) is 24.5 Å². The summed E-state index contributed by atoms with van der Waals surface area (Å²) in [5.41, 5.74) is 2.11. The standard InChI is InChI=1S/C17H21N5O2/c1-13(22-4-6-24-7-5-22)8-21-17(23)14-2-3-16(20-11-14)15-9-18-12-19-10-15/h2-3,9-13H,4-8H2,1H3,(H,21,23)/t13-/m0/s1. The molecule has 3 heterocycles. The SMILES string of the molecule is C[C@@H](CNC(=O)c1ccc(-c2cncnc2)nc1)N1CCOCC1. The Kier molecular flexibility index (Phi) is 5.45. The Morgan fingerprint density at radius 2 is 2.00 bits per heavy atom. The first-order valence-electron chi connectivity index (χ1n) is 8.05. The predicted molar refractivity (Wildman–Crippen MR) is 89.5 cm³/mol. The summed E-state index contributed by atoms with van der Waals surface area (Å²) in [7, 11) is 0. The number of ether oxygens (including phenoxy) is 1. The number of pyridine rings is 1. The lowest BCUT2D eigenvalue weighted by Gasteiger charge is -2.32. The molecule has 7 heteroatoms. The zero-order valence-corrected chi connectivity index (χ0v) is 13.7. The van der Waals surface area contributed by atoms with Gasteiger partial charge in [-0.05, 0) is 19.1 Å². The molecule has 1 aliphatic heterocycles. The van der Waals surface area contributed by atoms with Crippen molar-refractivity contribution in [2.75, 3.05) is 32.8 Å². The van der Waals surface area contributed by atoms with Gasteiger partial charge in [-0.1, -0.05) is 0 Å². The summed E-state index contributed by atoms with van der Waals surface area (Å²) in [6.07, 6.45) is 6.44. The molecule has 2 aromatic heterocycles.